The lowest BCUT2D eigenvalue weighted by molar-refractivity contribution is 0.0526. The molecule has 3 aromatic rings. The van der Waals surface area contributed by atoms with Crippen molar-refractivity contribution in [1.29, 1.82) is 0 Å². The Morgan fingerprint density at radius 3 is 2.40 bits per heavy atom. The number of para-hydroxylation sites is 1. The molecule has 0 bridgehead atoms. The first-order valence-corrected chi connectivity index (χ1v) is 9.75. The summed E-state index contributed by atoms with van der Waals surface area (Å²) in [6.45, 7) is 2.12. The number of carbonyl (C=O) groups excluding carboxylic acids is 2. The van der Waals surface area contributed by atoms with Gasteiger partial charge in [-0.2, -0.15) is 0 Å². The maximum Gasteiger partial charge on any atom is 0.338 e. The summed E-state index contributed by atoms with van der Waals surface area (Å²) in [4.78, 5) is 24.2. The minimum absolute atomic E-state index is 0.0112. The summed E-state index contributed by atoms with van der Waals surface area (Å²) in [5.74, 6) is -0.349. The third-order valence-corrected chi connectivity index (χ3v) is 4.50. The van der Waals surface area contributed by atoms with Crippen LogP contribution in [-0.2, 0) is 11.2 Å². The van der Waals surface area contributed by atoms with Crippen molar-refractivity contribution in [3.05, 3.63) is 83.9 Å². The van der Waals surface area contributed by atoms with Crippen LogP contribution in [-0.4, -0.2) is 30.3 Å². The number of nitrogens with one attached hydrogen (secondary N) is 2. The Bertz CT molecular complexity index is 1020. The third kappa shape index (κ3) is 5.46. The zero-order chi connectivity index (χ0) is 21.3. The standard InChI is InChI=1S/C24H24N2O4/c1-2-30-23(28)19-12-10-17(11-13-19)20-7-5-8-21(16-20)25-24(29)26-22-9-4-3-6-18(22)14-15-27/h3-13,16,27H,2,14-15H2,1H3,(H2,25,26,29). The maximum absolute atomic E-state index is 12.4. The van der Waals surface area contributed by atoms with Gasteiger partial charge in [0.1, 0.15) is 0 Å². The minimum atomic E-state index is -0.366. The van der Waals surface area contributed by atoms with Crippen molar-refractivity contribution in [3.8, 4) is 11.1 Å². The SMILES string of the molecule is CCOC(=O)c1ccc(-c2cccc(NC(=O)Nc3ccccc3CCO)c2)cc1. The number of aliphatic hydroxyl groups is 1. The lowest BCUT2D eigenvalue weighted by atomic mass is 10.0. The van der Waals surface area contributed by atoms with Crippen LogP contribution in [0.2, 0.25) is 0 Å². The van der Waals surface area contributed by atoms with E-state index in [-0.39, 0.29) is 18.6 Å². The molecule has 6 heteroatoms. The summed E-state index contributed by atoms with van der Waals surface area (Å²) in [5, 5.41) is 14.8. The van der Waals surface area contributed by atoms with Crippen molar-refractivity contribution in [1.82, 2.24) is 0 Å². The van der Waals surface area contributed by atoms with E-state index in [9.17, 15) is 14.7 Å². The van der Waals surface area contributed by atoms with Crippen molar-refractivity contribution in [3.63, 3.8) is 0 Å². The van der Waals surface area contributed by atoms with Gasteiger partial charge in [-0.1, -0.05) is 42.5 Å². The number of hydrogen-bond acceptors (Lipinski definition) is 4. The molecular weight excluding hydrogens is 380 g/mol. The second-order valence-electron chi connectivity index (χ2n) is 6.59. The average molecular weight is 404 g/mol. The molecule has 3 N–H and O–H groups in total. The van der Waals surface area contributed by atoms with Crippen molar-refractivity contribution in [2.45, 2.75) is 13.3 Å². The molecule has 0 atom stereocenters. The topological polar surface area (TPSA) is 87.7 Å². The number of aliphatic hydroxyl groups excluding tert-OH is 1. The van der Waals surface area contributed by atoms with Gasteiger partial charge in [0, 0.05) is 18.0 Å². The Morgan fingerprint density at radius 2 is 1.67 bits per heavy atom. The molecule has 0 spiro atoms. The first-order valence-electron chi connectivity index (χ1n) is 9.75. The summed E-state index contributed by atoms with van der Waals surface area (Å²) in [6, 6.07) is 21.6. The molecule has 0 heterocycles. The molecule has 0 unspecified atom stereocenters. The minimum Gasteiger partial charge on any atom is -0.462 e. The second kappa shape index (κ2) is 10.2. The Balaban J connectivity index is 1.70. The van der Waals surface area contributed by atoms with Crippen LogP contribution in [0, 0.1) is 0 Å². The van der Waals surface area contributed by atoms with E-state index < -0.39 is 0 Å². The molecule has 0 fully saturated rings. The fourth-order valence-corrected chi connectivity index (χ4v) is 3.06. The summed E-state index contributed by atoms with van der Waals surface area (Å²) >= 11 is 0. The van der Waals surface area contributed by atoms with Gasteiger partial charge in [0.25, 0.3) is 0 Å². The van der Waals surface area contributed by atoms with Crippen molar-refractivity contribution in [2.24, 2.45) is 0 Å². The van der Waals surface area contributed by atoms with Crippen LogP contribution in [0.3, 0.4) is 0 Å². The highest BCUT2D eigenvalue weighted by atomic mass is 16.5. The highest BCUT2D eigenvalue weighted by Crippen LogP contribution is 2.24. The normalized spacial score (nSPS) is 10.3. The van der Waals surface area contributed by atoms with Gasteiger partial charge in [0.15, 0.2) is 0 Å². The number of carbonyl (C=O) groups is 2. The number of rotatable bonds is 7. The molecule has 0 aliphatic carbocycles. The highest BCUT2D eigenvalue weighted by Gasteiger charge is 2.09. The fourth-order valence-electron chi connectivity index (χ4n) is 3.06. The maximum atomic E-state index is 12.4. The van der Waals surface area contributed by atoms with E-state index in [0.29, 0.717) is 30.0 Å². The zero-order valence-corrected chi connectivity index (χ0v) is 16.7. The van der Waals surface area contributed by atoms with Crippen LogP contribution in [0.5, 0.6) is 0 Å². The van der Waals surface area contributed by atoms with Gasteiger partial charge in [-0.3, -0.25) is 0 Å². The summed E-state index contributed by atoms with van der Waals surface area (Å²) in [7, 11) is 0. The van der Waals surface area contributed by atoms with Gasteiger partial charge in [0.05, 0.1) is 12.2 Å². The molecule has 30 heavy (non-hydrogen) atoms. The number of hydrogen-bond donors (Lipinski definition) is 3. The fraction of sp³-hybridized carbons (Fsp3) is 0.167. The second-order valence-corrected chi connectivity index (χ2v) is 6.59. The monoisotopic (exact) mass is 404 g/mol. The van der Waals surface area contributed by atoms with E-state index in [0.717, 1.165) is 16.7 Å². The van der Waals surface area contributed by atoms with Gasteiger partial charge in [-0.05, 0) is 60.4 Å². The molecule has 6 nitrogen and oxygen atoms in total. The smallest absolute Gasteiger partial charge is 0.338 e. The number of amides is 2. The predicted molar refractivity (Wildman–Crippen MR) is 118 cm³/mol. The summed E-state index contributed by atoms with van der Waals surface area (Å²) in [6.07, 6.45) is 0.466. The molecule has 154 valence electrons. The Kier molecular flexibility index (Phi) is 7.19. The molecule has 0 radical (unpaired) electrons. The Hall–Kier alpha value is -3.64. The van der Waals surface area contributed by atoms with Gasteiger partial charge < -0.3 is 20.5 Å². The van der Waals surface area contributed by atoms with E-state index in [1.807, 2.05) is 48.5 Å². The van der Waals surface area contributed by atoms with Crippen LogP contribution in [0.1, 0.15) is 22.8 Å². The first kappa shape index (κ1) is 21.1. The molecular formula is C24H24N2O4. The molecule has 0 saturated carbocycles. The van der Waals surface area contributed by atoms with Gasteiger partial charge >= 0.3 is 12.0 Å². The summed E-state index contributed by atoms with van der Waals surface area (Å²) in [5.41, 5.74) is 4.49. The van der Waals surface area contributed by atoms with E-state index in [4.69, 9.17) is 4.74 Å². The summed E-state index contributed by atoms with van der Waals surface area (Å²) < 4.78 is 5.00. The Morgan fingerprint density at radius 1 is 0.900 bits per heavy atom. The van der Waals surface area contributed by atoms with E-state index in [1.54, 1.807) is 31.2 Å². The number of ether oxygens (including phenoxy) is 1. The van der Waals surface area contributed by atoms with Crippen LogP contribution in [0.25, 0.3) is 11.1 Å². The molecule has 3 rings (SSSR count). The molecule has 2 amide bonds. The van der Waals surface area contributed by atoms with Gasteiger partial charge in [-0.15, -0.1) is 0 Å². The van der Waals surface area contributed by atoms with E-state index >= 15 is 0 Å². The van der Waals surface area contributed by atoms with Crippen molar-refractivity contribution in [2.75, 3.05) is 23.8 Å². The number of esters is 1. The lowest BCUT2D eigenvalue weighted by Gasteiger charge is -2.12. The number of urea groups is 1. The largest absolute Gasteiger partial charge is 0.462 e. The van der Waals surface area contributed by atoms with E-state index in [2.05, 4.69) is 10.6 Å². The van der Waals surface area contributed by atoms with Crippen molar-refractivity contribution >= 4 is 23.4 Å². The van der Waals surface area contributed by atoms with Crippen LogP contribution in [0.15, 0.2) is 72.8 Å². The molecule has 0 saturated heterocycles. The van der Waals surface area contributed by atoms with Crippen molar-refractivity contribution < 1.29 is 19.4 Å². The average Bonchev–Trinajstić information content (AvgIpc) is 2.76. The molecule has 3 aromatic carbocycles. The van der Waals surface area contributed by atoms with Gasteiger partial charge in [-0.25, -0.2) is 9.59 Å². The molecule has 0 aliphatic heterocycles. The quantitative estimate of drug-likeness (QED) is 0.498. The predicted octanol–water partition coefficient (Wildman–Crippen LogP) is 4.71. The number of benzene rings is 3. The first-order chi connectivity index (χ1) is 14.6. The lowest BCUT2D eigenvalue weighted by Crippen LogP contribution is -2.20. The number of anilines is 2. The van der Waals surface area contributed by atoms with Crippen LogP contribution in [0.4, 0.5) is 16.2 Å². The van der Waals surface area contributed by atoms with Gasteiger partial charge in [0.2, 0.25) is 0 Å². The van der Waals surface area contributed by atoms with Crippen LogP contribution >= 0.6 is 0 Å². The zero-order valence-electron chi connectivity index (χ0n) is 16.7. The molecule has 0 aromatic heterocycles. The molecule has 0 aliphatic rings. The van der Waals surface area contributed by atoms with E-state index in [1.165, 1.54) is 0 Å². The highest BCUT2D eigenvalue weighted by molar-refractivity contribution is 6.00. The third-order valence-electron chi connectivity index (χ3n) is 4.50. The van der Waals surface area contributed by atoms with Crippen LogP contribution < -0.4 is 10.6 Å². The Labute approximate surface area is 175 Å².